The molecule has 1 saturated heterocycles. The van der Waals surface area contributed by atoms with Gasteiger partial charge in [-0.25, -0.2) is 0 Å². The van der Waals surface area contributed by atoms with Crippen LogP contribution in [0.5, 0.6) is 0 Å². The third-order valence-electron chi connectivity index (χ3n) is 4.59. The first-order valence-corrected chi connectivity index (χ1v) is 8.23. The minimum Gasteiger partial charge on any atom is -0.354 e. The molecule has 4 rings (SSSR count). The molecule has 2 aromatic heterocycles. The summed E-state index contributed by atoms with van der Waals surface area (Å²) in [6.07, 6.45) is 5.51. The highest BCUT2D eigenvalue weighted by Gasteiger charge is 2.12. The predicted molar refractivity (Wildman–Crippen MR) is 92.3 cm³/mol. The lowest BCUT2D eigenvalue weighted by Crippen LogP contribution is -2.28. The number of aromatic nitrogens is 2. The van der Waals surface area contributed by atoms with Crippen LogP contribution in [-0.4, -0.2) is 28.0 Å². The highest BCUT2D eigenvalue weighted by Crippen LogP contribution is 2.23. The van der Waals surface area contributed by atoms with Crippen molar-refractivity contribution in [2.75, 3.05) is 13.1 Å². The van der Waals surface area contributed by atoms with Gasteiger partial charge in [0.25, 0.3) is 5.56 Å². The average molecular weight is 306 g/mol. The van der Waals surface area contributed by atoms with Crippen LogP contribution in [-0.2, 0) is 6.54 Å². The van der Waals surface area contributed by atoms with E-state index in [0.717, 1.165) is 23.1 Å². The summed E-state index contributed by atoms with van der Waals surface area (Å²) in [4.78, 5) is 20.4. The van der Waals surface area contributed by atoms with Gasteiger partial charge in [0.2, 0.25) is 0 Å². The van der Waals surface area contributed by atoms with E-state index in [1.807, 2.05) is 6.07 Å². The van der Waals surface area contributed by atoms with Crippen LogP contribution < -0.4 is 5.56 Å². The lowest BCUT2D eigenvalue weighted by Gasteiger charge is -2.26. The number of pyridine rings is 1. The van der Waals surface area contributed by atoms with Crippen LogP contribution in [0.3, 0.4) is 0 Å². The standard InChI is InChI=1S/C19H20N3O/c23-19-16(5-4-8-20-19)18-12-15-11-14(6-7-17(15)21-18)13-22-9-2-1-3-10-22/h5-8,11-12,21H,1-3,9-10,13H2,(H,20,23). The van der Waals surface area contributed by atoms with Crippen LogP contribution in [0, 0.1) is 6.07 Å². The summed E-state index contributed by atoms with van der Waals surface area (Å²) in [5, 5.41) is 1.15. The topological polar surface area (TPSA) is 51.9 Å². The fourth-order valence-corrected chi connectivity index (χ4v) is 3.38. The number of rotatable bonds is 3. The largest absolute Gasteiger partial charge is 0.354 e. The molecule has 117 valence electrons. The maximum absolute atomic E-state index is 11.9. The van der Waals surface area contributed by atoms with Crippen LogP contribution in [0.25, 0.3) is 22.2 Å². The Labute approximate surface area is 135 Å². The number of nitrogens with zero attached hydrogens (tertiary/aromatic N) is 1. The smallest absolute Gasteiger partial charge is 0.257 e. The van der Waals surface area contributed by atoms with E-state index in [0.29, 0.717) is 5.56 Å². The highest BCUT2D eigenvalue weighted by molar-refractivity contribution is 5.86. The molecule has 0 amide bonds. The molecule has 0 spiro atoms. The van der Waals surface area contributed by atoms with Crippen molar-refractivity contribution in [3.05, 3.63) is 58.5 Å². The fraction of sp³-hybridized carbons (Fsp3) is 0.316. The molecule has 3 heterocycles. The molecule has 0 atom stereocenters. The monoisotopic (exact) mass is 306 g/mol. The molecule has 0 saturated carbocycles. The highest BCUT2D eigenvalue weighted by atomic mass is 16.1. The Morgan fingerprint density at radius 3 is 2.83 bits per heavy atom. The molecule has 1 aromatic carbocycles. The number of fused-ring (bicyclic) bond motifs is 1. The van der Waals surface area contributed by atoms with E-state index in [9.17, 15) is 4.79 Å². The number of hydrogen-bond donors (Lipinski definition) is 2. The first kappa shape index (κ1) is 14.3. The van der Waals surface area contributed by atoms with E-state index >= 15 is 0 Å². The third kappa shape index (κ3) is 2.94. The number of benzene rings is 1. The first-order valence-electron chi connectivity index (χ1n) is 8.23. The summed E-state index contributed by atoms with van der Waals surface area (Å²) in [6.45, 7) is 3.41. The van der Waals surface area contributed by atoms with E-state index < -0.39 is 0 Å². The van der Waals surface area contributed by atoms with Crippen LogP contribution in [0.15, 0.2) is 41.3 Å². The third-order valence-corrected chi connectivity index (χ3v) is 4.59. The lowest BCUT2D eigenvalue weighted by molar-refractivity contribution is 0.221. The van der Waals surface area contributed by atoms with Gasteiger partial charge in [0.05, 0.1) is 11.3 Å². The molecule has 1 radical (unpaired) electrons. The number of H-pyrrole nitrogens is 2. The number of likely N-dealkylation sites (tertiary alicyclic amines) is 1. The SMILES string of the molecule is O=c1[nH]c[c]cc1-c1cc2cc(CN3CCCCC3)ccc2[nH]1. The number of nitrogens with one attached hydrogen (secondary N) is 2. The van der Waals surface area contributed by atoms with Crippen molar-refractivity contribution >= 4 is 10.9 Å². The van der Waals surface area contributed by atoms with Crippen LogP contribution >= 0.6 is 0 Å². The first-order chi connectivity index (χ1) is 11.3. The molecule has 23 heavy (non-hydrogen) atoms. The zero-order valence-electron chi connectivity index (χ0n) is 13.1. The van der Waals surface area contributed by atoms with Crippen molar-refractivity contribution < 1.29 is 0 Å². The van der Waals surface area contributed by atoms with Crippen LogP contribution in [0.2, 0.25) is 0 Å². The van der Waals surface area contributed by atoms with Gasteiger partial charge in [-0.1, -0.05) is 12.5 Å². The molecule has 0 bridgehead atoms. The van der Waals surface area contributed by atoms with Gasteiger partial charge >= 0.3 is 0 Å². The van der Waals surface area contributed by atoms with Gasteiger partial charge < -0.3 is 9.97 Å². The zero-order valence-corrected chi connectivity index (χ0v) is 13.1. The van der Waals surface area contributed by atoms with Crippen molar-refractivity contribution in [2.45, 2.75) is 25.8 Å². The molecule has 3 aromatic rings. The fourth-order valence-electron chi connectivity index (χ4n) is 3.38. The van der Waals surface area contributed by atoms with Crippen LogP contribution in [0.1, 0.15) is 24.8 Å². The van der Waals surface area contributed by atoms with E-state index in [-0.39, 0.29) is 5.56 Å². The second-order valence-corrected chi connectivity index (χ2v) is 6.28. The van der Waals surface area contributed by atoms with E-state index in [2.05, 4.69) is 39.1 Å². The minimum atomic E-state index is -0.0937. The molecular formula is C19H20N3O. The van der Waals surface area contributed by atoms with Crippen molar-refractivity contribution in [1.82, 2.24) is 14.9 Å². The van der Waals surface area contributed by atoms with Crippen molar-refractivity contribution in [1.29, 1.82) is 0 Å². The van der Waals surface area contributed by atoms with Crippen LogP contribution in [0.4, 0.5) is 0 Å². The molecular weight excluding hydrogens is 286 g/mol. The number of hydrogen-bond acceptors (Lipinski definition) is 2. The minimum absolute atomic E-state index is 0.0937. The normalized spacial score (nSPS) is 16.0. The molecule has 2 N–H and O–H groups in total. The van der Waals surface area contributed by atoms with Gasteiger partial charge in [0, 0.05) is 29.7 Å². The number of piperidine rings is 1. The summed E-state index contributed by atoms with van der Waals surface area (Å²) in [5.74, 6) is 0. The Kier molecular flexibility index (Phi) is 3.75. The van der Waals surface area contributed by atoms with Crippen molar-refractivity contribution in [3.8, 4) is 11.3 Å². The summed E-state index contributed by atoms with van der Waals surface area (Å²) in [6, 6.07) is 13.2. The predicted octanol–water partition coefficient (Wildman–Crippen LogP) is 3.31. The average Bonchev–Trinajstić information content (AvgIpc) is 2.99. The Hall–Kier alpha value is -2.33. The van der Waals surface area contributed by atoms with Gasteiger partial charge in [-0.05, 0) is 55.8 Å². The summed E-state index contributed by atoms with van der Waals surface area (Å²) in [5.41, 5.74) is 3.77. The Morgan fingerprint density at radius 1 is 1.13 bits per heavy atom. The molecule has 0 aliphatic carbocycles. The summed E-state index contributed by atoms with van der Waals surface area (Å²) < 4.78 is 0. The Balaban J connectivity index is 1.64. The quantitative estimate of drug-likeness (QED) is 0.780. The van der Waals surface area contributed by atoms with Gasteiger partial charge in [-0.2, -0.15) is 0 Å². The van der Waals surface area contributed by atoms with Gasteiger partial charge in [-0.15, -0.1) is 0 Å². The lowest BCUT2D eigenvalue weighted by atomic mass is 10.1. The van der Waals surface area contributed by atoms with Gasteiger partial charge in [0.1, 0.15) is 0 Å². The van der Waals surface area contributed by atoms with E-state index in [1.54, 1.807) is 6.07 Å². The summed E-state index contributed by atoms with van der Waals surface area (Å²) >= 11 is 0. The molecule has 0 unspecified atom stereocenters. The maximum atomic E-state index is 11.9. The van der Waals surface area contributed by atoms with Gasteiger partial charge in [0.15, 0.2) is 0 Å². The Morgan fingerprint density at radius 2 is 2.00 bits per heavy atom. The maximum Gasteiger partial charge on any atom is 0.257 e. The molecule has 4 heteroatoms. The van der Waals surface area contributed by atoms with E-state index in [4.69, 9.17) is 0 Å². The van der Waals surface area contributed by atoms with Crippen molar-refractivity contribution in [2.24, 2.45) is 0 Å². The molecule has 1 fully saturated rings. The molecule has 1 aliphatic rings. The Bertz CT molecular complexity index is 871. The van der Waals surface area contributed by atoms with E-state index in [1.165, 1.54) is 44.1 Å². The molecule has 1 aliphatic heterocycles. The van der Waals surface area contributed by atoms with Gasteiger partial charge in [-0.3, -0.25) is 9.69 Å². The number of aromatic amines is 2. The second kappa shape index (κ2) is 6.05. The zero-order chi connectivity index (χ0) is 15.6. The van der Waals surface area contributed by atoms with Crippen molar-refractivity contribution in [3.63, 3.8) is 0 Å². The molecule has 4 nitrogen and oxygen atoms in total. The summed E-state index contributed by atoms with van der Waals surface area (Å²) in [7, 11) is 0. The second-order valence-electron chi connectivity index (χ2n) is 6.28.